The van der Waals surface area contributed by atoms with E-state index in [1.165, 1.54) is 0 Å². The molecular weight excluding hydrogens is 480 g/mol. The van der Waals surface area contributed by atoms with E-state index in [1.807, 2.05) is 66.9 Å². The van der Waals surface area contributed by atoms with Crippen molar-refractivity contribution < 1.29 is 19.8 Å². The highest BCUT2D eigenvalue weighted by molar-refractivity contribution is 6.05. The van der Waals surface area contributed by atoms with E-state index in [1.54, 1.807) is 6.20 Å². The first-order valence-corrected chi connectivity index (χ1v) is 13.0. The Labute approximate surface area is 222 Å². The molecular formula is C30H34N4O4. The quantitative estimate of drug-likeness (QED) is 0.225. The maximum atomic E-state index is 13.0. The number of aromatic nitrogens is 3. The number of aliphatic hydroxyl groups excluding tert-OH is 1. The Morgan fingerprint density at radius 2 is 1.42 bits per heavy atom. The molecule has 38 heavy (non-hydrogen) atoms. The summed E-state index contributed by atoms with van der Waals surface area (Å²) in [5.74, 6) is -1.08. The molecule has 0 saturated carbocycles. The van der Waals surface area contributed by atoms with Gasteiger partial charge in [-0.05, 0) is 26.7 Å². The molecule has 0 aliphatic heterocycles. The lowest BCUT2D eigenvalue weighted by Crippen LogP contribution is -2.26. The lowest BCUT2D eigenvalue weighted by Gasteiger charge is -2.12. The number of rotatable bonds is 12. The Morgan fingerprint density at radius 1 is 0.842 bits per heavy atom. The summed E-state index contributed by atoms with van der Waals surface area (Å²) >= 11 is 0. The highest BCUT2D eigenvalue weighted by atomic mass is 16.4. The van der Waals surface area contributed by atoms with E-state index in [0.29, 0.717) is 35.4 Å². The van der Waals surface area contributed by atoms with Gasteiger partial charge < -0.3 is 20.1 Å². The lowest BCUT2D eigenvalue weighted by atomic mass is 10.0. The normalized spacial score (nSPS) is 11.1. The van der Waals surface area contributed by atoms with Crippen molar-refractivity contribution in [1.82, 2.24) is 19.9 Å². The number of nitrogens with zero attached hydrogens (tertiary/aromatic N) is 3. The molecule has 0 atom stereocenters. The minimum atomic E-state index is -0.775. The molecule has 198 valence electrons. The number of carboxylic acids is 1. The predicted octanol–water partition coefficient (Wildman–Crippen LogP) is 5.14. The number of fused-ring (bicyclic) bond motifs is 1. The number of aliphatic hydroxyl groups is 1. The van der Waals surface area contributed by atoms with E-state index in [-0.39, 0.29) is 25.5 Å². The molecule has 0 spiro atoms. The number of hydrogen-bond acceptors (Lipinski definition) is 5. The third kappa shape index (κ3) is 6.44. The minimum Gasteiger partial charge on any atom is -0.481 e. The molecule has 4 rings (SSSR count). The van der Waals surface area contributed by atoms with E-state index < -0.39 is 5.97 Å². The number of hydrogen-bond donors (Lipinski definition) is 3. The van der Waals surface area contributed by atoms with Gasteiger partial charge in [-0.2, -0.15) is 0 Å². The van der Waals surface area contributed by atoms with Crippen LogP contribution in [0.25, 0.3) is 33.7 Å². The second-order valence-corrected chi connectivity index (χ2v) is 9.60. The molecule has 0 radical (unpaired) electrons. The minimum absolute atomic E-state index is 0.148. The first-order valence-electron chi connectivity index (χ1n) is 13.0. The summed E-state index contributed by atoms with van der Waals surface area (Å²) in [6.45, 7) is 4.69. The zero-order valence-electron chi connectivity index (χ0n) is 21.9. The molecule has 8 nitrogen and oxygen atoms in total. The van der Waals surface area contributed by atoms with Gasteiger partial charge in [0.1, 0.15) is 5.52 Å². The fourth-order valence-corrected chi connectivity index (χ4v) is 4.42. The van der Waals surface area contributed by atoms with Crippen LogP contribution in [0.3, 0.4) is 0 Å². The first-order chi connectivity index (χ1) is 18.4. The molecule has 0 aliphatic carbocycles. The Bertz CT molecular complexity index is 1410. The summed E-state index contributed by atoms with van der Waals surface area (Å²) in [6.07, 6.45) is 5.13. The van der Waals surface area contributed by atoms with Crippen LogP contribution in [-0.2, 0) is 11.3 Å². The largest absolute Gasteiger partial charge is 0.481 e. The number of amides is 1. The number of benzene rings is 2. The van der Waals surface area contributed by atoms with Crippen molar-refractivity contribution in [3.63, 3.8) is 0 Å². The van der Waals surface area contributed by atoms with Gasteiger partial charge in [0.2, 0.25) is 0 Å². The molecule has 8 heteroatoms. The maximum Gasteiger partial charge on any atom is 0.303 e. The average molecular weight is 515 g/mol. The Morgan fingerprint density at radius 3 is 2.00 bits per heavy atom. The summed E-state index contributed by atoms with van der Waals surface area (Å²) in [4.78, 5) is 33.9. The van der Waals surface area contributed by atoms with Crippen molar-refractivity contribution in [2.75, 3.05) is 13.2 Å². The van der Waals surface area contributed by atoms with E-state index in [0.717, 1.165) is 47.2 Å². The topological polar surface area (TPSA) is 117 Å². The molecule has 4 aromatic rings. The molecule has 2 aromatic carbocycles. The monoisotopic (exact) mass is 514 g/mol. The third-order valence-electron chi connectivity index (χ3n) is 6.52. The van der Waals surface area contributed by atoms with E-state index in [2.05, 4.69) is 5.32 Å². The van der Waals surface area contributed by atoms with E-state index in [4.69, 9.17) is 15.1 Å². The number of aliphatic carboxylic acids is 1. The summed E-state index contributed by atoms with van der Waals surface area (Å²) in [5.41, 5.74) is 7.12. The summed E-state index contributed by atoms with van der Waals surface area (Å²) in [7, 11) is 0. The Kier molecular flexibility index (Phi) is 8.86. The molecule has 1 amide bonds. The van der Waals surface area contributed by atoms with Crippen molar-refractivity contribution in [3.8, 4) is 22.5 Å². The van der Waals surface area contributed by atoms with Gasteiger partial charge in [-0.15, -0.1) is 0 Å². The number of aryl methyl sites for hydroxylation is 3. The lowest BCUT2D eigenvalue weighted by molar-refractivity contribution is -0.137. The van der Waals surface area contributed by atoms with Crippen LogP contribution in [0.2, 0.25) is 0 Å². The van der Waals surface area contributed by atoms with Crippen molar-refractivity contribution in [2.24, 2.45) is 0 Å². The fraction of sp³-hybridized carbons (Fsp3) is 0.333. The number of unbranched alkanes of at least 4 members (excludes halogenated alkanes) is 3. The number of carbonyl (C=O) groups excluding carboxylic acids is 1. The van der Waals surface area contributed by atoms with Gasteiger partial charge >= 0.3 is 5.97 Å². The molecule has 2 aromatic heterocycles. The van der Waals surface area contributed by atoms with Gasteiger partial charge in [-0.3, -0.25) is 9.59 Å². The van der Waals surface area contributed by atoms with Crippen LogP contribution in [0, 0.1) is 13.8 Å². The Balaban J connectivity index is 1.79. The summed E-state index contributed by atoms with van der Waals surface area (Å²) < 4.78 is 1.96. The van der Waals surface area contributed by atoms with Crippen LogP contribution in [0.4, 0.5) is 0 Å². The van der Waals surface area contributed by atoms with Crippen molar-refractivity contribution in [2.45, 2.75) is 52.5 Å². The Hall–Kier alpha value is -4.04. The summed E-state index contributed by atoms with van der Waals surface area (Å²) in [6, 6.07) is 16.3. The van der Waals surface area contributed by atoms with Gasteiger partial charge in [-0.1, -0.05) is 72.5 Å². The molecule has 0 unspecified atom stereocenters. The fourth-order valence-electron chi connectivity index (χ4n) is 4.42. The number of nitrogens with one attached hydrogen (secondary N) is 1. The second kappa shape index (κ2) is 12.5. The first kappa shape index (κ1) is 27.0. The van der Waals surface area contributed by atoms with Gasteiger partial charge in [0.25, 0.3) is 5.91 Å². The van der Waals surface area contributed by atoms with Crippen LogP contribution in [0.1, 0.15) is 53.6 Å². The zero-order chi connectivity index (χ0) is 27.1. The SMILES string of the molecule is Cc1ccc(-c2nc3c(C(=O)NCCO)cn(CCCCCCC(=O)O)c3nc2-c2ccc(C)cc2)cc1. The molecule has 2 heterocycles. The van der Waals surface area contributed by atoms with Crippen molar-refractivity contribution in [3.05, 3.63) is 71.4 Å². The third-order valence-corrected chi connectivity index (χ3v) is 6.52. The molecule has 0 fully saturated rings. The molecule has 0 bridgehead atoms. The highest BCUT2D eigenvalue weighted by Gasteiger charge is 2.22. The summed E-state index contributed by atoms with van der Waals surface area (Å²) in [5, 5.41) is 20.8. The standard InChI is InChI=1S/C30H34N4O4/c1-20-8-12-22(13-9-20)26-27(23-14-10-21(2)11-15-23)33-29-28(32-26)24(30(38)31-16-18-35)19-34(29)17-6-4-3-5-7-25(36)37/h8-15,19,35H,3-7,16-18H2,1-2H3,(H,31,38)(H,36,37). The van der Waals surface area contributed by atoms with Gasteiger partial charge in [0, 0.05) is 36.8 Å². The smallest absolute Gasteiger partial charge is 0.303 e. The van der Waals surface area contributed by atoms with Crippen LogP contribution in [0.5, 0.6) is 0 Å². The van der Waals surface area contributed by atoms with Gasteiger partial charge in [0.05, 0.1) is 23.6 Å². The second-order valence-electron chi connectivity index (χ2n) is 9.60. The maximum absolute atomic E-state index is 13.0. The number of carboxylic acid groups (broad SMARTS) is 1. The van der Waals surface area contributed by atoms with Crippen LogP contribution in [-0.4, -0.2) is 49.8 Å². The van der Waals surface area contributed by atoms with Gasteiger partial charge in [-0.25, -0.2) is 9.97 Å². The molecule has 0 saturated heterocycles. The van der Waals surface area contributed by atoms with Gasteiger partial charge in [0.15, 0.2) is 5.65 Å². The number of carbonyl (C=O) groups is 2. The molecule has 0 aliphatic rings. The molecule has 3 N–H and O–H groups in total. The van der Waals surface area contributed by atoms with E-state index >= 15 is 0 Å². The zero-order valence-corrected chi connectivity index (χ0v) is 21.9. The predicted molar refractivity (Wildman–Crippen MR) is 148 cm³/mol. The van der Waals surface area contributed by atoms with E-state index in [9.17, 15) is 14.7 Å². The van der Waals surface area contributed by atoms with Crippen LogP contribution >= 0.6 is 0 Å². The van der Waals surface area contributed by atoms with Crippen LogP contribution < -0.4 is 5.32 Å². The van der Waals surface area contributed by atoms with Crippen molar-refractivity contribution in [1.29, 1.82) is 0 Å². The average Bonchev–Trinajstić information content (AvgIpc) is 3.27. The highest BCUT2D eigenvalue weighted by Crippen LogP contribution is 2.33. The van der Waals surface area contributed by atoms with Crippen molar-refractivity contribution >= 4 is 23.0 Å². The van der Waals surface area contributed by atoms with Crippen LogP contribution in [0.15, 0.2) is 54.7 Å².